The van der Waals surface area contributed by atoms with Crippen molar-refractivity contribution >= 4 is 144 Å². The summed E-state index contributed by atoms with van der Waals surface area (Å²) in [6.07, 6.45) is 0. The van der Waals surface area contributed by atoms with E-state index in [1.165, 1.54) is 19.7 Å². The molecule has 0 bridgehead atoms. The molecule has 0 aliphatic rings. The zero-order valence-corrected chi connectivity index (χ0v) is 30.6. The van der Waals surface area contributed by atoms with Crippen molar-refractivity contribution in [3.8, 4) is 0 Å². The van der Waals surface area contributed by atoms with E-state index in [1.54, 1.807) is 0 Å². The number of halogens is 3. The van der Waals surface area contributed by atoms with Gasteiger partial charge in [0.25, 0.3) is 0 Å². The molecule has 26 heavy (non-hydrogen) atoms. The van der Waals surface area contributed by atoms with Gasteiger partial charge in [-0.05, 0) is 0 Å². The van der Waals surface area contributed by atoms with E-state index in [0.29, 0.717) is 80.9 Å². The van der Waals surface area contributed by atoms with E-state index >= 15 is 0 Å². The molecule has 0 aromatic carbocycles. The quantitative estimate of drug-likeness (QED) is 0.160. The standard InChI is InChI=1S/3CH3F.4Mo.4O.H2S4.2S2.4H2S.3H/c3*1-2;;;;;;;;;1-3-4-2;2*1-2;;;;;;;/h3*1H3;;;;;;;;;1-2H;;;4*1H2;;;/q;;;;;;+4;;;;;;2*-2;;;;;;;/p-6/i;;;;;;;;;;;;;;;;;;3*1+1. The van der Waals surface area contributed by atoms with Gasteiger partial charge in [0.1, 0.15) is 0 Å². The van der Waals surface area contributed by atoms with E-state index in [-0.39, 0.29) is 54.0 Å². The molecule has 0 heterocycles. The number of alkyl halides is 3. The summed E-state index contributed by atoms with van der Waals surface area (Å²) in [5.41, 5.74) is 0. The van der Waals surface area contributed by atoms with Crippen molar-refractivity contribution < 1.29 is 105 Å². The molecule has 0 fully saturated rings. The average molecular weight is 945 g/mol. The van der Waals surface area contributed by atoms with E-state index in [2.05, 4.69) is 70.0 Å². The maximum absolute atomic E-state index is 9.50. The first-order valence-electron chi connectivity index (χ1n) is 3.86. The smallest absolute Gasteiger partial charge is 0.291 e. The van der Waals surface area contributed by atoms with Crippen LogP contribution in [0.3, 0.4) is 0 Å². The van der Waals surface area contributed by atoms with Crippen LogP contribution in [0.2, 0.25) is 0 Å². The van der Waals surface area contributed by atoms with Crippen LogP contribution in [0.4, 0.5) is 13.2 Å². The van der Waals surface area contributed by atoms with Crippen LogP contribution in [-0.2, 0) is 216 Å². The summed E-state index contributed by atoms with van der Waals surface area (Å²) in [5.74, 6) is 0. The van der Waals surface area contributed by atoms with Crippen molar-refractivity contribution in [1.29, 1.82) is 2.25 Å². The second-order valence-electron chi connectivity index (χ2n) is 0.136. The summed E-state index contributed by atoms with van der Waals surface area (Å²) >= 11 is 20.9. The normalized spacial score (nSPS) is 5.23. The fraction of sp³-hybridized carbons (Fsp3) is 1.00. The predicted molar refractivity (Wildman–Crippen MR) is 122 cm³/mol. The minimum absolute atomic E-state index is 0. The van der Waals surface area contributed by atoms with Crippen LogP contribution in [0.5, 0.6) is 0 Å². The van der Waals surface area contributed by atoms with Crippen LogP contribution < -0.4 is 0 Å². The molecule has 23 heteroatoms. The number of thiol groups is 4. The Hall–Kier alpha value is 5.94. The Labute approximate surface area is 268 Å². The SMILES string of the molecule is CF.CF.CF.[2H][Mo]([2H])([2H])=[O].[O]=[Mo+4].[O]=[Mo].[O]=[Mo].[S-]SS[S-].[S-][S-].[S-][S-].[SH-].[SH-].[SH-].[SH-]. The van der Waals surface area contributed by atoms with Gasteiger partial charge in [0, 0.05) is 0 Å². The summed E-state index contributed by atoms with van der Waals surface area (Å²) in [6, 6.07) is 0. The second kappa shape index (κ2) is 440. The molecular weight excluding hydrogens is 926 g/mol. The van der Waals surface area contributed by atoms with Gasteiger partial charge in [-0.15, -0.1) is 0 Å². The molecule has 0 amide bonds. The molecule has 0 spiro atoms. The Kier molecular flexibility index (Phi) is 1180. The summed E-state index contributed by atoms with van der Waals surface area (Å²) in [6.45, 7) is 0. The maximum Gasteiger partial charge on any atom is -0.291 e. The fourth-order valence-corrected chi connectivity index (χ4v) is 0. The summed E-state index contributed by atoms with van der Waals surface area (Å²) < 4.78 is 80.3. The van der Waals surface area contributed by atoms with Crippen molar-refractivity contribution in [3.63, 3.8) is 0 Å². The van der Waals surface area contributed by atoms with Crippen LogP contribution in [0.25, 0.3) is 0 Å². The minimum atomic E-state index is -4.52. The third-order valence-corrected chi connectivity index (χ3v) is 2.25. The molecule has 0 N–H and O–H groups in total. The summed E-state index contributed by atoms with van der Waals surface area (Å²) in [5, 5.41) is 0. The van der Waals surface area contributed by atoms with Crippen molar-refractivity contribution in [3.05, 3.63) is 0 Å². The zero-order valence-electron chi connectivity index (χ0n) is 15.5. The molecule has 0 unspecified atom stereocenters. The van der Waals surface area contributed by atoms with Gasteiger partial charge in [0.15, 0.2) is 0 Å². The van der Waals surface area contributed by atoms with Crippen molar-refractivity contribution in [1.82, 2.24) is 0 Å². The van der Waals surface area contributed by atoms with Gasteiger partial charge in [-0.3, -0.25) is 32.8 Å². The first-order chi connectivity index (χ1) is 11.9. The Bertz CT molecular complexity index is 158. The first-order valence-corrected chi connectivity index (χ1v) is 12.6. The summed E-state index contributed by atoms with van der Waals surface area (Å²) in [7, 11) is 3.84. The zero-order chi connectivity index (χ0) is 23.9. The van der Waals surface area contributed by atoms with E-state index in [4.69, 9.17) is 12.4 Å². The van der Waals surface area contributed by atoms with E-state index < -0.39 is 19.3 Å². The molecule has 0 aromatic heterocycles. The molecule has 0 saturated carbocycles. The minimum Gasteiger partial charge on any atom is -1.00 e. The molecule has 0 aromatic rings. The Morgan fingerprint density at radius 3 is 0.769 bits per heavy atom. The third kappa shape index (κ3) is 520. The molecule has 4 nitrogen and oxygen atoms in total. The number of rotatable bonds is 1. The third-order valence-electron chi connectivity index (χ3n) is 0.0278. The van der Waals surface area contributed by atoms with Gasteiger partial charge in [-0.1, -0.05) is 0 Å². The van der Waals surface area contributed by atoms with Crippen LogP contribution in [0, 0.1) is 0 Å². The fourth-order valence-electron chi connectivity index (χ4n) is 0. The summed E-state index contributed by atoms with van der Waals surface area (Å²) in [4.78, 5) is 0. The molecule has 0 rings (SSSR count). The Morgan fingerprint density at radius 1 is 0.731 bits per heavy atom. The molecule has 0 aliphatic heterocycles. The van der Waals surface area contributed by atoms with Gasteiger partial charge in [0.2, 0.25) is 0 Å². The second-order valence-corrected chi connectivity index (χ2v) is 3.67. The molecule has 0 saturated heterocycles. The maximum atomic E-state index is 9.50. The van der Waals surface area contributed by atoms with Gasteiger partial charge in [0.05, 0.1) is 21.5 Å². The largest absolute Gasteiger partial charge is 1.00 e. The van der Waals surface area contributed by atoms with Gasteiger partial charge >= 0.3 is 94.4 Å². The first kappa shape index (κ1) is 69.7. The van der Waals surface area contributed by atoms with Crippen LogP contribution in [0.15, 0.2) is 0 Å². The molecule has 175 valence electrons. The van der Waals surface area contributed by atoms with Gasteiger partial charge < -0.3 is 124 Å². The number of hydrogen-bond acceptors (Lipinski definition) is 16. The van der Waals surface area contributed by atoms with Gasteiger partial charge in [-0.2, -0.15) is 0 Å². The molecule has 0 radical (unpaired) electrons. The van der Waals surface area contributed by atoms with Crippen molar-refractivity contribution in [2.45, 2.75) is 0 Å². The van der Waals surface area contributed by atoms with Crippen LogP contribution in [-0.4, -0.2) is 23.8 Å². The van der Waals surface area contributed by atoms with Crippen molar-refractivity contribution in [2.24, 2.45) is 0 Å². The van der Waals surface area contributed by atoms with Crippen LogP contribution >= 0.6 is 19.7 Å². The van der Waals surface area contributed by atoms with E-state index in [0.717, 1.165) is 0 Å². The van der Waals surface area contributed by atoms with E-state index in [9.17, 15) is 16.6 Å². The van der Waals surface area contributed by atoms with Crippen molar-refractivity contribution in [2.75, 3.05) is 21.5 Å². The molecular formula is C3H16F3Mo4O4S12-6. The Morgan fingerprint density at radius 2 is 0.769 bits per heavy atom. The molecule has 0 aliphatic carbocycles. The Balaban J connectivity index is -0.00000000729. The number of hydrogen-bond donors (Lipinski definition) is 0. The van der Waals surface area contributed by atoms with Gasteiger partial charge in [-0.25, -0.2) is 0 Å². The topological polar surface area (TPSA) is 68.3 Å². The van der Waals surface area contributed by atoms with E-state index in [1.807, 2.05) is 0 Å². The molecule has 0 atom stereocenters. The van der Waals surface area contributed by atoms with Crippen LogP contribution in [0.1, 0.15) is 0 Å². The average Bonchev–Trinajstić information content (AvgIpc) is 2.72. The monoisotopic (exact) mass is 951 g/mol. The predicted octanol–water partition coefficient (Wildman–Crippen LogP) is 0.670.